The molecule has 1 aromatic carbocycles. The van der Waals surface area contributed by atoms with E-state index in [1.165, 1.54) is 11.1 Å². The number of aliphatic carboxylic acids is 1. The predicted octanol–water partition coefficient (Wildman–Crippen LogP) is 2.54. The Morgan fingerprint density at radius 2 is 2.22 bits per heavy atom. The Bertz CT molecular complexity index is 430. The zero-order chi connectivity index (χ0) is 13.1. The van der Waals surface area contributed by atoms with E-state index >= 15 is 0 Å². The van der Waals surface area contributed by atoms with Gasteiger partial charge in [-0.2, -0.15) is 0 Å². The van der Waals surface area contributed by atoms with Gasteiger partial charge < -0.3 is 5.11 Å². The molecule has 0 spiro atoms. The van der Waals surface area contributed by atoms with E-state index in [1.54, 1.807) is 0 Å². The Morgan fingerprint density at radius 1 is 1.44 bits per heavy atom. The van der Waals surface area contributed by atoms with Gasteiger partial charge in [-0.15, -0.1) is 0 Å². The van der Waals surface area contributed by atoms with Crippen molar-refractivity contribution in [1.82, 2.24) is 4.90 Å². The first-order chi connectivity index (χ1) is 8.54. The SMILES string of the molecule is Cc1cccc(CN2CC(C)CC(C(=O)O)C2)c1. The van der Waals surface area contributed by atoms with E-state index in [4.69, 9.17) is 5.11 Å². The summed E-state index contributed by atoms with van der Waals surface area (Å²) in [4.78, 5) is 13.4. The molecule has 0 aromatic heterocycles. The highest BCUT2D eigenvalue weighted by atomic mass is 16.4. The minimum atomic E-state index is -0.657. The fourth-order valence-corrected chi connectivity index (χ4v) is 2.84. The van der Waals surface area contributed by atoms with Crippen molar-refractivity contribution in [1.29, 1.82) is 0 Å². The number of hydrogen-bond donors (Lipinski definition) is 1. The molecule has 3 heteroatoms. The van der Waals surface area contributed by atoms with Crippen LogP contribution in [0.25, 0.3) is 0 Å². The fourth-order valence-electron chi connectivity index (χ4n) is 2.84. The Labute approximate surface area is 108 Å². The fraction of sp³-hybridized carbons (Fsp3) is 0.533. The van der Waals surface area contributed by atoms with Crippen LogP contribution in [0.15, 0.2) is 24.3 Å². The first-order valence-corrected chi connectivity index (χ1v) is 6.55. The molecule has 0 radical (unpaired) electrons. The summed E-state index contributed by atoms with van der Waals surface area (Å²) in [5.41, 5.74) is 2.53. The average Bonchev–Trinajstić information content (AvgIpc) is 2.28. The maximum Gasteiger partial charge on any atom is 0.307 e. The van der Waals surface area contributed by atoms with E-state index in [-0.39, 0.29) is 5.92 Å². The summed E-state index contributed by atoms with van der Waals surface area (Å²) in [6, 6.07) is 8.44. The average molecular weight is 247 g/mol. The Morgan fingerprint density at radius 3 is 2.89 bits per heavy atom. The highest BCUT2D eigenvalue weighted by Crippen LogP contribution is 2.23. The summed E-state index contributed by atoms with van der Waals surface area (Å²) in [5, 5.41) is 9.16. The predicted molar refractivity (Wildman–Crippen MR) is 71.4 cm³/mol. The van der Waals surface area contributed by atoms with Gasteiger partial charge in [-0.25, -0.2) is 0 Å². The minimum Gasteiger partial charge on any atom is -0.481 e. The van der Waals surface area contributed by atoms with Gasteiger partial charge in [0, 0.05) is 19.6 Å². The number of carbonyl (C=O) groups is 1. The molecule has 1 aliphatic heterocycles. The third-order valence-electron chi connectivity index (χ3n) is 3.57. The van der Waals surface area contributed by atoms with Crippen molar-refractivity contribution in [3.63, 3.8) is 0 Å². The molecule has 1 fully saturated rings. The molecule has 2 atom stereocenters. The zero-order valence-corrected chi connectivity index (χ0v) is 11.1. The lowest BCUT2D eigenvalue weighted by Crippen LogP contribution is -2.41. The van der Waals surface area contributed by atoms with Crippen LogP contribution in [0, 0.1) is 18.8 Å². The van der Waals surface area contributed by atoms with Gasteiger partial charge in [0.25, 0.3) is 0 Å². The second-order valence-electron chi connectivity index (χ2n) is 5.56. The molecule has 1 heterocycles. The van der Waals surface area contributed by atoms with Crippen molar-refractivity contribution in [2.75, 3.05) is 13.1 Å². The number of benzene rings is 1. The van der Waals surface area contributed by atoms with Crippen LogP contribution in [0.4, 0.5) is 0 Å². The van der Waals surface area contributed by atoms with E-state index in [0.29, 0.717) is 12.5 Å². The summed E-state index contributed by atoms with van der Waals surface area (Å²) in [7, 11) is 0. The molecule has 2 rings (SSSR count). The van der Waals surface area contributed by atoms with Crippen molar-refractivity contribution < 1.29 is 9.90 Å². The van der Waals surface area contributed by atoms with Crippen LogP contribution in [0.3, 0.4) is 0 Å². The topological polar surface area (TPSA) is 40.5 Å². The number of hydrogen-bond acceptors (Lipinski definition) is 2. The van der Waals surface area contributed by atoms with Crippen LogP contribution in [0.2, 0.25) is 0 Å². The molecule has 0 aliphatic carbocycles. The highest BCUT2D eigenvalue weighted by Gasteiger charge is 2.29. The van der Waals surface area contributed by atoms with Crippen molar-refractivity contribution >= 4 is 5.97 Å². The van der Waals surface area contributed by atoms with Crippen molar-refractivity contribution in [3.8, 4) is 0 Å². The van der Waals surface area contributed by atoms with Crippen LogP contribution in [-0.4, -0.2) is 29.1 Å². The lowest BCUT2D eigenvalue weighted by atomic mass is 9.90. The third-order valence-corrected chi connectivity index (χ3v) is 3.57. The maximum atomic E-state index is 11.1. The number of likely N-dealkylation sites (tertiary alicyclic amines) is 1. The molecule has 1 aliphatic rings. The van der Waals surface area contributed by atoms with Crippen LogP contribution in [0.5, 0.6) is 0 Å². The van der Waals surface area contributed by atoms with Gasteiger partial charge in [-0.3, -0.25) is 9.69 Å². The number of aryl methyl sites for hydroxylation is 1. The number of nitrogens with zero attached hydrogens (tertiary/aromatic N) is 1. The van der Waals surface area contributed by atoms with Gasteiger partial charge in [0.1, 0.15) is 0 Å². The van der Waals surface area contributed by atoms with Crippen LogP contribution < -0.4 is 0 Å². The second-order valence-corrected chi connectivity index (χ2v) is 5.56. The Balaban J connectivity index is 2.02. The molecule has 2 unspecified atom stereocenters. The summed E-state index contributed by atoms with van der Waals surface area (Å²) < 4.78 is 0. The van der Waals surface area contributed by atoms with Crippen LogP contribution >= 0.6 is 0 Å². The summed E-state index contributed by atoms with van der Waals surface area (Å²) in [6.07, 6.45) is 0.805. The van der Waals surface area contributed by atoms with Gasteiger partial charge in [-0.1, -0.05) is 36.8 Å². The van der Waals surface area contributed by atoms with E-state index in [2.05, 4.69) is 43.0 Å². The lowest BCUT2D eigenvalue weighted by Gasteiger charge is -2.34. The number of rotatable bonds is 3. The largest absolute Gasteiger partial charge is 0.481 e. The van der Waals surface area contributed by atoms with Crippen molar-refractivity contribution in [2.24, 2.45) is 11.8 Å². The number of carboxylic acids is 1. The second kappa shape index (κ2) is 5.53. The molecule has 18 heavy (non-hydrogen) atoms. The molecule has 1 saturated heterocycles. The van der Waals surface area contributed by atoms with Crippen molar-refractivity contribution in [3.05, 3.63) is 35.4 Å². The summed E-state index contributed by atoms with van der Waals surface area (Å²) in [6.45, 7) is 6.75. The smallest absolute Gasteiger partial charge is 0.307 e. The molecule has 0 saturated carbocycles. The first-order valence-electron chi connectivity index (χ1n) is 6.55. The van der Waals surface area contributed by atoms with Crippen LogP contribution in [0.1, 0.15) is 24.5 Å². The first kappa shape index (κ1) is 13.1. The molecule has 0 bridgehead atoms. The molecular formula is C15H21NO2. The molecular weight excluding hydrogens is 226 g/mol. The maximum absolute atomic E-state index is 11.1. The summed E-state index contributed by atoms with van der Waals surface area (Å²) in [5.74, 6) is -0.404. The van der Waals surface area contributed by atoms with Gasteiger partial charge >= 0.3 is 5.97 Å². The molecule has 3 nitrogen and oxygen atoms in total. The minimum absolute atomic E-state index is 0.210. The van der Waals surface area contributed by atoms with Gasteiger partial charge in [0.15, 0.2) is 0 Å². The lowest BCUT2D eigenvalue weighted by molar-refractivity contribution is -0.144. The Hall–Kier alpha value is -1.35. The third kappa shape index (κ3) is 3.33. The van der Waals surface area contributed by atoms with Gasteiger partial charge in [0.05, 0.1) is 5.92 Å². The highest BCUT2D eigenvalue weighted by molar-refractivity contribution is 5.70. The Kier molecular flexibility index (Phi) is 4.02. The molecule has 0 amide bonds. The van der Waals surface area contributed by atoms with Crippen molar-refractivity contribution in [2.45, 2.75) is 26.8 Å². The molecule has 1 N–H and O–H groups in total. The zero-order valence-electron chi connectivity index (χ0n) is 11.1. The van der Waals surface area contributed by atoms with Gasteiger partial charge in [0.2, 0.25) is 0 Å². The summed E-state index contributed by atoms with van der Waals surface area (Å²) >= 11 is 0. The van der Waals surface area contributed by atoms with Gasteiger partial charge in [-0.05, 0) is 24.8 Å². The monoisotopic (exact) mass is 247 g/mol. The van der Waals surface area contributed by atoms with E-state index in [1.807, 2.05) is 0 Å². The van der Waals surface area contributed by atoms with E-state index < -0.39 is 5.97 Å². The number of carboxylic acid groups (broad SMARTS) is 1. The molecule has 98 valence electrons. The quantitative estimate of drug-likeness (QED) is 0.892. The van der Waals surface area contributed by atoms with Crippen LogP contribution in [-0.2, 0) is 11.3 Å². The van der Waals surface area contributed by atoms with E-state index in [0.717, 1.165) is 19.5 Å². The molecule has 1 aromatic rings. The number of piperidine rings is 1. The van der Waals surface area contributed by atoms with E-state index in [9.17, 15) is 4.79 Å². The normalized spacial score (nSPS) is 25.0. The standard InChI is InChI=1S/C15H21NO2/c1-11-4-3-5-13(6-11)9-16-8-12(2)7-14(10-16)15(17)18/h3-6,12,14H,7-10H2,1-2H3,(H,17,18).